The Morgan fingerprint density at radius 3 is 0.705 bits per heavy atom. The number of hydrogen-bond acceptors (Lipinski definition) is 34. The molecule has 0 aromatic rings. The van der Waals surface area contributed by atoms with Crippen molar-refractivity contribution >= 4 is 131 Å². The predicted molar refractivity (Wildman–Crippen MR) is 602 cm³/mol. The highest BCUT2D eigenvalue weighted by atomic mass is 35.5. The number of carboxylic acid groups (broad SMARTS) is 9. The van der Waals surface area contributed by atoms with Gasteiger partial charge < -0.3 is 149 Å². The van der Waals surface area contributed by atoms with Gasteiger partial charge in [-0.1, -0.05) is 158 Å². The minimum atomic E-state index is -1.21. The van der Waals surface area contributed by atoms with Crippen LogP contribution in [0.25, 0.3) is 0 Å². The van der Waals surface area contributed by atoms with Gasteiger partial charge in [0.1, 0.15) is 53.9 Å². The molecule has 0 saturated heterocycles. The maximum atomic E-state index is 10.6. The van der Waals surface area contributed by atoms with Crippen molar-refractivity contribution in [2.24, 2.45) is 148 Å². The van der Waals surface area contributed by atoms with Crippen molar-refractivity contribution in [3.8, 4) is 0 Å². The number of halogens is 2. The lowest BCUT2D eigenvalue weighted by atomic mass is 10.00. The van der Waals surface area contributed by atoms with E-state index in [9.17, 15) is 43.2 Å². The summed E-state index contributed by atoms with van der Waals surface area (Å²) in [4.78, 5) is 134. The van der Waals surface area contributed by atoms with E-state index in [1.54, 1.807) is 26.0 Å². The van der Waals surface area contributed by atoms with Crippen LogP contribution in [0.1, 0.15) is 374 Å². The molecular formula is C102H193Cl2N27O18. The number of nitrogens with zero attached hydrogens (tertiary/aromatic N) is 9. The third-order valence-corrected chi connectivity index (χ3v) is 24.9. The van der Waals surface area contributed by atoms with Crippen LogP contribution in [0.2, 0.25) is 0 Å². The molecule has 16 atom stereocenters. The monoisotopic (exact) mass is 2150 g/mol. The van der Waals surface area contributed by atoms with Gasteiger partial charge in [-0.15, -0.1) is 24.8 Å². The molecule has 0 amide bonds. The minimum absolute atomic E-state index is 0. The van der Waals surface area contributed by atoms with Gasteiger partial charge in [0.15, 0.2) is 0 Å². The van der Waals surface area contributed by atoms with Crippen LogP contribution in [-0.4, -0.2) is 261 Å². The summed E-state index contributed by atoms with van der Waals surface area (Å²) in [5.41, 5.74) is 98.5. The Kier molecular flexibility index (Phi) is 87.9. The van der Waals surface area contributed by atoms with Crippen molar-refractivity contribution in [2.45, 2.75) is 470 Å². The Bertz CT molecular complexity index is 3740. The molecule has 0 aromatic heterocycles. The van der Waals surface area contributed by atoms with Crippen LogP contribution in [0.15, 0.2) is 93.5 Å². The number of allylic oxidation sites excluding steroid dienone is 1. The first-order chi connectivity index (χ1) is 69.5. The molecule has 0 aromatic carbocycles. The van der Waals surface area contributed by atoms with E-state index in [2.05, 4.69) is 44.9 Å². The molecule has 7 rings (SSSR count). The summed E-state index contributed by atoms with van der Waals surface area (Å²) in [5, 5.41) is 77.6. The molecule has 45 nitrogen and oxygen atoms in total. The van der Waals surface area contributed by atoms with Gasteiger partial charge in [0.05, 0.1) is 108 Å². The lowest BCUT2D eigenvalue weighted by Crippen LogP contribution is -2.44. The van der Waals surface area contributed by atoms with E-state index in [0.29, 0.717) is 113 Å². The number of nitrogens with two attached hydrogens (primary N) is 18. The number of carbonyl (C=O) groups is 9. The Morgan fingerprint density at radius 1 is 0.295 bits per heavy atom. The lowest BCUT2D eigenvalue weighted by molar-refractivity contribution is -0.143. The fourth-order valence-corrected chi connectivity index (χ4v) is 15.7. The molecule has 45 N–H and O–H groups in total. The molecule has 0 saturated carbocycles. The molecule has 47 heteroatoms. The van der Waals surface area contributed by atoms with Gasteiger partial charge >= 0.3 is 53.7 Å². The minimum Gasteiger partial charge on any atom is -0.480 e. The summed E-state index contributed by atoms with van der Waals surface area (Å²) in [7, 11) is 0. The summed E-state index contributed by atoms with van der Waals surface area (Å²) in [6.07, 6.45) is 65.3. The average molecular weight is 2160 g/mol. The highest BCUT2D eigenvalue weighted by Crippen LogP contribution is 2.25. The maximum Gasteiger partial charge on any atom is 0.323 e. The molecule has 858 valence electrons. The van der Waals surface area contributed by atoms with Crippen molar-refractivity contribution in [2.75, 3.05) is 13.1 Å². The molecule has 0 bridgehead atoms. The summed E-state index contributed by atoms with van der Waals surface area (Å²) in [5.74, 6) is -2.10. The number of rotatable bonds is 51. The molecule has 0 aliphatic carbocycles. The van der Waals surface area contributed by atoms with Gasteiger partial charge in [-0.2, -0.15) is 0 Å². The normalized spacial score (nSPS) is 21.2. The quantitative estimate of drug-likeness (QED) is 0.0117. The SMILES string of the molecule is CC(N)=NC/C=C/CC(C)(N)C(=O)O.CC(N)=NC/C=C/CC[C@H](N)C(=O)O.Cl.Cl.NC1=N[C@@H](C/C=C/C[C@H](N)C(=O)O)CCCC1.NC1=N[C@@H](C/C=C\C[C@H](N)C(=O)O)CCCC1.NC1=N[C@@H](CCCC[C@@H](N)C(=O)O)CCCC1.NC1=N[C@@H](CCCC[C@@H](N)C(=O)O)CCCC1.NC1=N[C@@H](CCCC[C@H](N)C(=O)O)CCCC1.NC1=N[C@@H](CCCC[C@H](N)C(=O)O)CCCC1.NC1=N[C@H](CCCC[C@H](N)C(=O)O)CCCC1. The zero-order valence-electron chi connectivity index (χ0n) is 89.0. The van der Waals surface area contributed by atoms with Gasteiger partial charge in [-0.3, -0.25) is 88.1 Å². The molecule has 7 heterocycles. The van der Waals surface area contributed by atoms with Gasteiger partial charge in [0.2, 0.25) is 0 Å². The van der Waals surface area contributed by atoms with Crippen LogP contribution in [-0.2, 0) is 43.2 Å². The van der Waals surface area contributed by atoms with Crippen LogP contribution in [0.4, 0.5) is 0 Å². The molecule has 0 fully saturated rings. The highest BCUT2D eigenvalue weighted by molar-refractivity contribution is 5.86. The predicted octanol–water partition coefficient (Wildman–Crippen LogP) is 9.43. The molecule has 0 radical (unpaired) electrons. The third-order valence-electron chi connectivity index (χ3n) is 24.9. The zero-order valence-corrected chi connectivity index (χ0v) is 90.7. The van der Waals surface area contributed by atoms with E-state index >= 15 is 0 Å². The number of aliphatic imine (C=N–C) groups is 9. The molecule has 0 spiro atoms. The van der Waals surface area contributed by atoms with E-state index in [1.807, 2.05) is 36.5 Å². The van der Waals surface area contributed by atoms with E-state index in [-0.39, 0.29) is 43.3 Å². The Labute approximate surface area is 895 Å². The molecule has 7 aliphatic rings. The van der Waals surface area contributed by atoms with Crippen molar-refractivity contribution in [3.63, 3.8) is 0 Å². The second-order valence-electron chi connectivity index (χ2n) is 38.9. The second-order valence-corrected chi connectivity index (χ2v) is 38.9. The van der Waals surface area contributed by atoms with Crippen LogP contribution in [0.3, 0.4) is 0 Å². The smallest absolute Gasteiger partial charge is 0.323 e. The van der Waals surface area contributed by atoms with Crippen molar-refractivity contribution in [1.82, 2.24) is 0 Å². The second kappa shape index (κ2) is 90.4. The highest BCUT2D eigenvalue weighted by Gasteiger charge is 2.27. The van der Waals surface area contributed by atoms with E-state index < -0.39 is 108 Å². The zero-order chi connectivity index (χ0) is 111. The number of hydrogen-bond donors (Lipinski definition) is 27. The van der Waals surface area contributed by atoms with Gasteiger partial charge in [-0.25, -0.2) is 0 Å². The number of aliphatic carboxylic acids is 9. The first kappa shape index (κ1) is 145. The van der Waals surface area contributed by atoms with Gasteiger partial charge in [0.25, 0.3) is 0 Å². The maximum absolute atomic E-state index is 10.6. The van der Waals surface area contributed by atoms with Crippen LogP contribution >= 0.6 is 24.8 Å². The largest absolute Gasteiger partial charge is 0.480 e. The fourth-order valence-electron chi connectivity index (χ4n) is 15.7. The molecule has 149 heavy (non-hydrogen) atoms. The standard InChI is InChI=1S/5C12H23N3O2.2C12H21N3O2.2C9H17N3O2.2ClH/c7*13-10(12(16)17)7-3-1-5-9-6-2-4-8-11(14)15-9;1-7(10)12-6-4-3-5-9(2,11)8(13)14;1-7(10)12-6-4-2-3-5-8(11)9(13)14;;/h5*9-10H,1-8,13H2,(H2,14,15)(H,16,17);2*1,3,9-10H,2,4-8,13H2,(H2,14,15)(H,16,17);3-4H,5-6,11H2,1-2H3,(H2,10,12)(H,13,14);2,4,8H,3,5-6,11H2,1H3,(H2,10,12)(H,13,14);2*1H/b;;;;;3-1+;3-1-;4-3+;4-2+;;/t3*9-,10+;4*9-,10-;;8-;;/m1000000.0../s1. The average Bonchev–Trinajstić information content (AvgIpc) is 1.74. The van der Waals surface area contributed by atoms with Crippen LogP contribution < -0.4 is 103 Å². The van der Waals surface area contributed by atoms with E-state index in [0.717, 1.165) is 298 Å². The van der Waals surface area contributed by atoms with Gasteiger partial charge in [-0.05, 0) is 220 Å². The Morgan fingerprint density at radius 2 is 0.497 bits per heavy atom. The van der Waals surface area contributed by atoms with E-state index in [4.69, 9.17) is 149 Å². The summed E-state index contributed by atoms with van der Waals surface area (Å²) in [6, 6.07) is -3.87. The van der Waals surface area contributed by atoms with Gasteiger partial charge in [0, 0.05) is 44.9 Å². The Hall–Kier alpha value is -10.4. The van der Waals surface area contributed by atoms with Crippen LogP contribution in [0.5, 0.6) is 0 Å². The number of unbranched alkanes of at least 4 members (excludes halogenated alkanes) is 5. The topological polar surface area (TPSA) is 915 Å². The third kappa shape index (κ3) is 86.0. The first-order valence-corrected chi connectivity index (χ1v) is 52.8. The summed E-state index contributed by atoms with van der Waals surface area (Å²) >= 11 is 0. The molecule has 1 unspecified atom stereocenters. The summed E-state index contributed by atoms with van der Waals surface area (Å²) in [6.45, 7) is 5.87. The number of amidine groups is 9. The first-order valence-electron chi connectivity index (χ1n) is 52.8. The van der Waals surface area contributed by atoms with Crippen LogP contribution in [0, 0.1) is 0 Å². The van der Waals surface area contributed by atoms with Crippen molar-refractivity contribution < 1.29 is 89.1 Å². The van der Waals surface area contributed by atoms with Crippen molar-refractivity contribution in [3.05, 3.63) is 48.6 Å². The fraction of sp³-hybridized carbons (Fsp3) is 0.745. The van der Waals surface area contributed by atoms with E-state index in [1.165, 1.54) is 39.0 Å². The molecule has 7 aliphatic heterocycles. The van der Waals surface area contributed by atoms with Crippen molar-refractivity contribution in [1.29, 1.82) is 0 Å². The molecular weight excluding hydrogens is 1960 g/mol. The number of carboxylic acids is 9. The Balaban J connectivity index is -0.000000793. The summed E-state index contributed by atoms with van der Waals surface area (Å²) < 4.78 is 0. The lowest BCUT2D eigenvalue weighted by Gasteiger charge is -2.15.